The zero-order chi connectivity index (χ0) is 76.4. The molecule has 17 nitrogen and oxygen atoms in total. The Bertz CT molecular complexity index is 1990. The first-order chi connectivity index (χ1) is 50.4. The average Bonchev–Trinajstić information content (AvgIpc) is 0.908. The Morgan fingerprint density at radius 2 is 0.442 bits per heavy atom. The van der Waals surface area contributed by atoms with Crippen molar-refractivity contribution in [3.05, 3.63) is 0 Å². The van der Waals surface area contributed by atoms with Crippen LogP contribution in [0.2, 0.25) is 0 Å². The van der Waals surface area contributed by atoms with Gasteiger partial charge in [0, 0.05) is 25.7 Å². The SMILES string of the molecule is CCCCCCCCCCCCCCCCCCCCCCC(=O)O[C@H](COC(=O)CCCCCCCCCCCCCCCCC(C)C)COP(=O)(O)OC[C@@H](O)COP(=O)(O)OC[C@@H](COC(=O)CCCCCCCCCCCCC(C)C)OC(=O)CCCCCCCCCCCCCCCC. The molecule has 19 heteroatoms. The van der Waals surface area contributed by atoms with E-state index in [0.717, 1.165) is 102 Å². The summed E-state index contributed by atoms with van der Waals surface area (Å²) in [6.45, 7) is 9.69. The van der Waals surface area contributed by atoms with Crippen molar-refractivity contribution in [2.24, 2.45) is 11.8 Å². The molecule has 0 saturated carbocycles. The standard InChI is InChI=1S/C85H166O17P2/c1-7-9-11-13-15-17-19-21-23-24-25-26-27-28-34-38-46-52-58-64-70-85(90)101-80(73-95-82(87)67-61-55-49-43-36-33-30-29-31-35-41-47-53-59-65-77(3)4)75-99-103(91,92)97-71-79(86)72-98-104(93,94)100-76-81(74-96-83(88)68-62-56-50-44-40-39-42-48-54-60-66-78(5)6)102-84(89)69-63-57-51-45-37-32-22-20-18-16-14-12-10-8-2/h77-81,86H,7-76H2,1-6H3,(H,91,92)(H,93,94)/t79-,80-,81-/m1/s1. The number of hydrogen-bond donors (Lipinski definition) is 3. The molecule has 5 atom stereocenters. The summed E-state index contributed by atoms with van der Waals surface area (Å²) in [4.78, 5) is 73.2. The second kappa shape index (κ2) is 76.4. The number of phosphoric ester groups is 2. The molecule has 0 aromatic heterocycles. The molecule has 0 spiro atoms. The highest BCUT2D eigenvalue weighted by atomic mass is 31.2. The second-order valence-electron chi connectivity index (χ2n) is 31.5. The molecule has 0 aromatic rings. The lowest BCUT2D eigenvalue weighted by atomic mass is 10.0. The third-order valence-corrected chi connectivity index (χ3v) is 21.9. The van der Waals surface area contributed by atoms with Gasteiger partial charge in [0.25, 0.3) is 0 Å². The van der Waals surface area contributed by atoms with Gasteiger partial charge in [0.05, 0.1) is 26.4 Å². The van der Waals surface area contributed by atoms with Gasteiger partial charge in [-0.2, -0.15) is 0 Å². The molecular formula is C85H166O17P2. The Morgan fingerprint density at radius 3 is 0.654 bits per heavy atom. The summed E-state index contributed by atoms with van der Waals surface area (Å²) < 4.78 is 68.9. The van der Waals surface area contributed by atoms with Crippen LogP contribution in [0.15, 0.2) is 0 Å². The molecule has 0 fully saturated rings. The van der Waals surface area contributed by atoms with Gasteiger partial charge in [0.1, 0.15) is 19.3 Å². The Kier molecular flexibility index (Phi) is 75.0. The van der Waals surface area contributed by atoms with Gasteiger partial charge < -0.3 is 33.8 Å². The van der Waals surface area contributed by atoms with Crippen LogP contribution in [-0.2, 0) is 65.4 Å². The van der Waals surface area contributed by atoms with Crippen LogP contribution in [0.4, 0.5) is 0 Å². The topological polar surface area (TPSA) is 237 Å². The van der Waals surface area contributed by atoms with Crippen LogP contribution in [0.3, 0.4) is 0 Å². The van der Waals surface area contributed by atoms with Gasteiger partial charge in [-0.15, -0.1) is 0 Å². The Labute approximate surface area is 638 Å². The molecule has 2 unspecified atom stereocenters. The van der Waals surface area contributed by atoms with Gasteiger partial charge in [-0.1, -0.05) is 401 Å². The van der Waals surface area contributed by atoms with Crippen LogP contribution in [0, 0.1) is 11.8 Å². The van der Waals surface area contributed by atoms with Gasteiger partial charge in [-0.3, -0.25) is 37.3 Å². The average molecular weight is 1520 g/mol. The van der Waals surface area contributed by atoms with E-state index >= 15 is 0 Å². The third-order valence-electron chi connectivity index (χ3n) is 20.0. The molecule has 0 amide bonds. The first-order valence-corrected chi connectivity index (χ1v) is 47.0. The predicted octanol–water partition coefficient (Wildman–Crippen LogP) is 25.8. The van der Waals surface area contributed by atoms with Gasteiger partial charge in [0.15, 0.2) is 12.2 Å². The lowest BCUT2D eigenvalue weighted by Crippen LogP contribution is -2.30. The van der Waals surface area contributed by atoms with Crippen LogP contribution < -0.4 is 0 Å². The summed E-state index contributed by atoms with van der Waals surface area (Å²) in [6.07, 6.45) is 67.9. The first-order valence-electron chi connectivity index (χ1n) is 44.0. The number of phosphoric acid groups is 2. The van der Waals surface area contributed by atoms with E-state index in [1.165, 1.54) is 270 Å². The van der Waals surface area contributed by atoms with Crippen molar-refractivity contribution in [1.29, 1.82) is 0 Å². The Morgan fingerprint density at radius 1 is 0.260 bits per heavy atom. The van der Waals surface area contributed by atoms with Crippen LogP contribution in [-0.4, -0.2) is 96.7 Å². The second-order valence-corrected chi connectivity index (χ2v) is 34.4. The van der Waals surface area contributed by atoms with E-state index in [4.69, 9.17) is 37.0 Å². The number of carbonyl (C=O) groups excluding carboxylic acids is 4. The molecule has 104 heavy (non-hydrogen) atoms. The molecule has 618 valence electrons. The maximum atomic E-state index is 13.1. The minimum absolute atomic E-state index is 0.108. The van der Waals surface area contributed by atoms with E-state index < -0.39 is 97.5 Å². The highest BCUT2D eigenvalue weighted by Crippen LogP contribution is 2.45. The quantitative estimate of drug-likeness (QED) is 0.0222. The van der Waals surface area contributed by atoms with Crippen molar-refractivity contribution >= 4 is 39.5 Å². The minimum Gasteiger partial charge on any atom is -0.462 e. The predicted molar refractivity (Wildman–Crippen MR) is 428 cm³/mol. The number of hydrogen-bond acceptors (Lipinski definition) is 15. The fraction of sp³-hybridized carbons (Fsp3) is 0.953. The summed E-state index contributed by atoms with van der Waals surface area (Å²) in [6, 6.07) is 0. The molecule has 0 aliphatic rings. The van der Waals surface area contributed by atoms with Crippen molar-refractivity contribution in [2.45, 2.75) is 471 Å². The molecule has 0 radical (unpaired) electrons. The summed E-state index contributed by atoms with van der Waals surface area (Å²) >= 11 is 0. The molecule has 0 aliphatic carbocycles. The van der Waals surface area contributed by atoms with E-state index in [0.29, 0.717) is 25.7 Å². The van der Waals surface area contributed by atoms with Crippen LogP contribution >= 0.6 is 15.6 Å². The molecule has 0 bridgehead atoms. The van der Waals surface area contributed by atoms with Crippen LogP contribution in [0.25, 0.3) is 0 Å². The number of esters is 4. The first kappa shape index (κ1) is 102. The molecule has 0 aromatic carbocycles. The van der Waals surface area contributed by atoms with E-state index in [1.807, 2.05) is 0 Å². The molecule has 0 aliphatic heterocycles. The molecule has 0 rings (SSSR count). The Balaban J connectivity index is 5.26. The van der Waals surface area contributed by atoms with E-state index in [2.05, 4.69) is 41.5 Å². The van der Waals surface area contributed by atoms with Crippen molar-refractivity contribution in [3.8, 4) is 0 Å². The number of ether oxygens (including phenoxy) is 4. The van der Waals surface area contributed by atoms with Gasteiger partial charge in [-0.05, 0) is 37.5 Å². The maximum Gasteiger partial charge on any atom is 0.472 e. The normalized spacial score (nSPS) is 13.8. The largest absolute Gasteiger partial charge is 0.472 e. The lowest BCUT2D eigenvalue weighted by molar-refractivity contribution is -0.161. The van der Waals surface area contributed by atoms with Crippen LogP contribution in [0.5, 0.6) is 0 Å². The van der Waals surface area contributed by atoms with Crippen LogP contribution in [0.1, 0.15) is 452 Å². The fourth-order valence-electron chi connectivity index (χ4n) is 13.2. The molecule has 0 heterocycles. The summed E-state index contributed by atoms with van der Waals surface area (Å²) in [5.41, 5.74) is 0. The summed E-state index contributed by atoms with van der Waals surface area (Å²) in [7, 11) is -9.93. The Hall–Kier alpha value is -1.94. The highest BCUT2D eigenvalue weighted by Gasteiger charge is 2.30. The number of aliphatic hydroxyl groups excluding tert-OH is 1. The van der Waals surface area contributed by atoms with Crippen molar-refractivity contribution in [3.63, 3.8) is 0 Å². The zero-order valence-corrected chi connectivity index (χ0v) is 70.1. The minimum atomic E-state index is -4.97. The number of unbranched alkanes of at least 4 members (excludes halogenated alkanes) is 54. The number of aliphatic hydroxyl groups is 1. The fourth-order valence-corrected chi connectivity index (χ4v) is 14.8. The molecular weight excluding hydrogens is 1350 g/mol. The van der Waals surface area contributed by atoms with Crippen molar-refractivity contribution < 1.29 is 80.2 Å². The molecule has 0 saturated heterocycles. The summed E-state index contributed by atoms with van der Waals surface area (Å²) in [5.74, 6) is -0.544. The van der Waals surface area contributed by atoms with E-state index in [1.54, 1.807) is 0 Å². The van der Waals surface area contributed by atoms with Gasteiger partial charge >= 0.3 is 39.5 Å². The van der Waals surface area contributed by atoms with Gasteiger partial charge in [0.2, 0.25) is 0 Å². The number of carbonyl (C=O) groups is 4. The van der Waals surface area contributed by atoms with E-state index in [-0.39, 0.29) is 25.7 Å². The zero-order valence-electron chi connectivity index (χ0n) is 68.3. The summed E-state index contributed by atoms with van der Waals surface area (Å²) in [5, 5.41) is 10.7. The third kappa shape index (κ3) is 78.2. The van der Waals surface area contributed by atoms with E-state index in [9.17, 15) is 43.2 Å². The molecule has 3 N–H and O–H groups in total. The number of rotatable bonds is 84. The van der Waals surface area contributed by atoms with Crippen molar-refractivity contribution in [2.75, 3.05) is 39.6 Å². The monoisotopic (exact) mass is 1520 g/mol. The van der Waals surface area contributed by atoms with Crippen molar-refractivity contribution in [1.82, 2.24) is 0 Å². The smallest absolute Gasteiger partial charge is 0.462 e. The van der Waals surface area contributed by atoms with Gasteiger partial charge in [-0.25, -0.2) is 9.13 Å². The lowest BCUT2D eigenvalue weighted by Gasteiger charge is -2.21. The highest BCUT2D eigenvalue weighted by molar-refractivity contribution is 7.47. The maximum absolute atomic E-state index is 13.1.